The van der Waals surface area contributed by atoms with E-state index in [9.17, 15) is 4.79 Å². The summed E-state index contributed by atoms with van der Waals surface area (Å²) < 4.78 is 13.9. The molecule has 5 heteroatoms. The predicted octanol–water partition coefficient (Wildman–Crippen LogP) is 7.29. The topological polar surface area (TPSA) is 56.4 Å². The van der Waals surface area contributed by atoms with Gasteiger partial charge in [-0.25, -0.2) is 4.79 Å². The van der Waals surface area contributed by atoms with Gasteiger partial charge in [0.25, 0.3) is 0 Å². The molecule has 0 saturated heterocycles. The fourth-order valence-corrected chi connectivity index (χ4v) is 4.59. The second kappa shape index (κ2) is 8.56. The second-order valence-corrected chi connectivity index (χ2v) is 9.63. The molecule has 3 aromatic carbocycles. The Morgan fingerprint density at radius 3 is 2.59 bits per heavy atom. The first kappa shape index (κ1) is 22.1. The number of para-hydroxylation sites is 2. The number of carbonyl (C=O) groups excluding carboxylic acids is 1. The lowest BCUT2D eigenvalue weighted by atomic mass is 9.99. The number of carbonyl (C=O) groups is 1. The Balaban J connectivity index is 1.50. The van der Waals surface area contributed by atoms with E-state index >= 15 is 0 Å². The molecule has 174 valence electrons. The summed E-state index contributed by atoms with van der Waals surface area (Å²) in [6, 6.07) is 21.1. The van der Waals surface area contributed by atoms with Gasteiger partial charge in [-0.2, -0.15) is 0 Å². The van der Waals surface area contributed by atoms with Crippen LogP contribution in [0.5, 0.6) is 0 Å². The van der Waals surface area contributed by atoms with Crippen molar-refractivity contribution in [3.05, 3.63) is 72.4 Å². The van der Waals surface area contributed by atoms with Crippen LogP contribution >= 0.6 is 0 Å². The van der Waals surface area contributed by atoms with Gasteiger partial charge in [0, 0.05) is 46.5 Å². The maximum absolute atomic E-state index is 12.1. The fraction of sp³-hybridized carbons (Fsp3) is 0.276. The monoisotopic (exact) mass is 454 g/mol. The minimum Gasteiger partial charge on any atom is -0.455 e. The smallest absolute Gasteiger partial charge is 0.407 e. The van der Waals surface area contributed by atoms with Gasteiger partial charge in [-0.3, -0.25) is 0 Å². The molecule has 5 aromatic rings. The Hall–Kier alpha value is -3.73. The third kappa shape index (κ3) is 4.14. The SMILES string of the molecule is CCn1cc(CCNC(=O)OC(C)(C)C)c2cc(-c3cccc4c3oc3ccccc34)ccc21. The number of hydrogen-bond acceptors (Lipinski definition) is 3. The minimum atomic E-state index is -0.505. The fourth-order valence-electron chi connectivity index (χ4n) is 4.59. The number of nitrogens with zero attached hydrogens (tertiary/aromatic N) is 1. The van der Waals surface area contributed by atoms with Crippen LogP contribution < -0.4 is 5.32 Å². The number of ether oxygens (including phenoxy) is 1. The minimum absolute atomic E-state index is 0.385. The first-order valence-corrected chi connectivity index (χ1v) is 11.8. The standard InChI is InChI=1S/C29H30N2O3/c1-5-31-18-20(15-16-30-28(32)34-29(2,3)4)24-17-19(13-14-25(24)31)21-10-8-11-23-22-9-6-7-12-26(22)33-27(21)23/h6-14,17-18H,5,15-16H2,1-4H3,(H,30,32). The number of alkyl carbamates (subject to hydrolysis) is 1. The second-order valence-electron chi connectivity index (χ2n) is 9.63. The summed E-state index contributed by atoms with van der Waals surface area (Å²) in [6.45, 7) is 9.14. The van der Waals surface area contributed by atoms with Crippen molar-refractivity contribution >= 4 is 38.9 Å². The van der Waals surface area contributed by atoms with E-state index in [4.69, 9.17) is 9.15 Å². The van der Waals surface area contributed by atoms with Crippen molar-refractivity contribution < 1.29 is 13.9 Å². The first-order chi connectivity index (χ1) is 16.3. The quantitative estimate of drug-likeness (QED) is 0.303. The molecule has 34 heavy (non-hydrogen) atoms. The van der Waals surface area contributed by atoms with Gasteiger partial charge in [0.2, 0.25) is 0 Å². The van der Waals surface area contributed by atoms with Crippen molar-refractivity contribution in [1.82, 2.24) is 9.88 Å². The summed E-state index contributed by atoms with van der Waals surface area (Å²) in [7, 11) is 0. The van der Waals surface area contributed by atoms with Gasteiger partial charge in [0.15, 0.2) is 0 Å². The van der Waals surface area contributed by atoms with Crippen LogP contribution in [0.25, 0.3) is 44.0 Å². The number of nitrogens with one attached hydrogen (secondary N) is 1. The maximum atomic E-state index is 12.1. The molecular formula is C29H30N2O3. The van der Waals surface area contributed by atoms with Crippen LogP contribution in [0.2, 0.25) is 0 Å². The summed E-state index contributed by atoms with van der Waals surface area (Å²) in [6.07, 6.45) is 2.53. The van der Waals surface area contributed by atoms with Gasteiger partial charge in [0.1, 0.15) is 16.8 Å². The molecule has 5 nitrogen and oxygen atoms in total. The zero-order valence-electron chi connectivity index (χ0n) is 20.1. The molecule has 5 rings (SSSR count). The van der Waals surface area contributed by atoms with Gasteiger partial charge >= 0.3 is 6.09 Å². The zero-order chi connectivity index (χ0) is 23.9. The molecule has 0 aliphatic rings. The van der Waals surface area contributed by atoms with Gasteiger partial charge in [-0.1, -0.05) is 42.5 Å². The third-order valence-electron chi connectivity index (χ3n) is 6.08. The number of amides is 1. The van der Waals surface area contributed by atoms with E-state index in [1.165, 1.54) is 16.5 Å². The van der Waals surface area contributed by atoms with Crippen LogP contribution in [0.4, 0.5) is 4.79 Å². The highest BCUT2D eigenvalue weighted by atomic mass is 16.6. The van der Waals surface area contributed by atoms with Gasteiger partial charge in [-0.15, -0.1) is 0 Å². The van der Waals surface area contributed by atoms with Crippen LogP contribution in [0.15, 0.2) is 71.3 Å². The normalized spacial score (nSPS) is 12.0. The lowest BCUT2D eigenvalue weighted by molar-refractivity contribution is 0.0528. The van der Waals surface area contributed by atoms with E-state index in [1.807, 2.05) is 39.0 Å². The van der Waals surface area contributed by atoms with Crippen LogP contribution in [0, 0.1) is 0 Å². The number of furan rings is 1. The Labute approximate surface area is 199 Å². The van der Waals surface area contributed by atoms with Crippen LogP contribution in [0.1, 0.15) is 33.3 Å². The molecule has 0 bridgehead atoms. The molecule has 0 aliphatic heterocycles. The summed E-state index contributed by atoms with van der Waals surface area (Å²) in [5, 5.41) is 6.33. The van der Waals surface area contributed by atoms with Crippen LogP contribution in [-0.2, 0) is 17.7 Å². The zero-order valence-corrected chi connectivity index (χ0v) is 20.1. The lowest BCUT2D eigenvalue weighted by Gasteiger charge is -2.19. The average Bonchev–Trinajstić information content (AvgIpc) is 3.35. The number of aryl methyl sites for hydroxylation is 1. The van der Waals surface area contributed by atoms with Crippen molar-refractivity contribution in [2.75, 3.05) is 6.54 Å². The summed E-state index contributed by atoms with van der Waals surface area (Å²) >= 11 is 0. The first-order valence-electron chi connectivity index (χ1n) is 11.8. The summed E-state index contributed by atoms with van der Waals surface area (Å²) in [5.74, 6) is 0. The molecule has 2 heterocycles. The van der Waals surface area contributed by atoms with Gasteiger partial charge in [-0.05, 0) is 63.4 Å². The molecule has 0 atom stereocenters. The molecule has 2 aromatic heterocycles. The summed E-state index contributed by atoms with van der Waals surface area (Å²) in [4.78, 5) is 12.1. The van der Waals surface area contributed by atoms with Crippen molar-refractivity contribution in [2.24, 2.45) is 0 Å². The highest BCUT2D eigenvalue weighted by Gasteiger charge is 2.17. The Morgan fingerprint density at radius 1 is 1.00 bits per heavy atom. The lowest BCUT2D eigenvalue weighted by Crippen LogP contribution is -2.33. The average molecular weight is 455 g/mol. The number of fused-ring (bicyclic) bond motifs is 4. The van der Waals surface area contributed by atoms with E-state index in [0.717, 1.165) is 46.0 Å². The highest BCUT2D eigenvalue weighted by Crippen LogP contribution is 2.37. The number of benzene rings is 3. The molecule has 0 spiro atoms. The van der Waals surface area contributed by atoms with E-state index < -0.39 is 5.60 Å². The molecular weight excluding hydrogens is 424 g/mol. The van der Waals surface area contributed by atoms with Crippen LogP contribution in [0.3, 0.4) is 0 Å². The molecule has 0 unspecified atom stereocenters. The molecule has 0 aliphatic carbocycles. The Bertz CT molecular complexity index is 1500. The summed E-state index contributed by atoms with van der Waals surface area (Å²) in [5.41, 5.74) is 5.89. The van der Waals surface area contributed by atoms with E-state index in [2.05, 4.69) is 65.5 Å². The van der Waals surface area contributed by atoms with E-state index in [0.29, 0.717) is 6.54 Å². The number of aromatic nitrogens is 1. The Kier molecular flexibility index (Phi) is 5.56. The molecule has 1 amide bonds. The van der Waals surface area contributed by atoms with Gasteiger partial charge < -0.3 is 19.0 Å². The van der Waals surface area contributed by atoms with Crippen molar-refractivity contribution in [3.8, 4) is 11.1 Å². The molecule has 0 radical (unpaired) electrons. The largest absolute Gasteiger partial charge is 0.455 e. The Morgan fingerprint density at radius 2 is 1.79 bits per heavy atom. The molecule has 1 N–H and O–H groups in total. The highest BCUT2D eigenvalue weighted by molar-refractivity contribution is 6.10. The van der Waals surface area contributed by atoms with Crippen LogP contribution in [-0.4, -0.2) is 22.8 Å². The third-order valence-corrected chi connectivity index (χ3v) is 6.08. The van der Waals surface area contributed by atoms with Crippen molar-refractivity contribution in [3.63, 3.8) is 0 Å². The number of rotatable bonds is 5. The molecule has 0 saturated carbocycles. The maximum Gasteiger partial charge on any atom is 0.407 e. The van der Waals surface area contributed by atoms with Crippen molar-refractivity contribution in [2.45, 2.75) is 46.3 Å². The van der Waals surface area contributed by atoms with E-state index in [-0.39, 0.29) is 6.09 Å². The molecule has 0 fully saturated rings. The van der Waals surface area contributed by atoms with Crippen molar-refractivity contribution in [1.29, 1.82) is 0 Å². The predicted molar refractivity (Wildman–Crippen MR) is 138 cm³/mol. The van der Waals surface area contributed by atoms with E-state index in [1.54, 1.807) is 0 Å². The van der Waals surface area contributed by atoms with Gasteiger partial charge in [0.05, 0.1) is 0 Å². The number of hydrogen-bond donors (Lipinski definition) is 1.